The van der Waals surface area contributed by atoms with Crippen LogP contribution in [0.15, 0.2) is 41.5 Å². The molecule has 1 aromatic heterocycles. The second-order valence-corrected chi connectivity index (χ2v) is 5.62. The van der Waals surface area contributed by atoms with E-state index in [2.05, 4.69) is 9.97 Å². The Bertz CT molecular complexity index is 751. The second-order valence-electron chi connectivity index (χ2n) is 5.62. The van der Waals surface area contributed by atoms with Crippen LogP contribution in [0.2, 0.25) is 0 Å². The van der Waals surface area contributed by atoms with E-state index < -0.39 is 5.60 Å². The number of nitrogens with one attached hydrogen (secondary N) is 1. The van der Waals surface area contributed by atoms with E-state index in [4.69, 9.17) is 0 Å². The lowest BCUT2D eigenvalue weighted by atomic mass is 9.89. The molecule has 0 saturated carbocycles. The van der Waals surface area contributed by atoms with Gasteiger partial charge in [0.1, 0.15) is 11.3 Å². The van der Waals surface area contributed by atoms with Crippen molar-refractivity contribution in [3.05, 3.63) is 63.8 Å². The van der Waals surface area contributed by atoms with Gasteiger partial charge in [-0.3, -0.25) is 9.59 Å². The number of hydrogen-bond donors (Lipinski definition) is 2. The van der Waals surface area contributed by atoms with Gasteiger partial charge in [-0.2, -0.15) is 0 Å². The van der Waals surface area contributed by atoms with Gasteiger partial charge >= 0.3 is 0 Å². The number of β-amino-alcohol motifs (C(OH)–C–C–N with tert-alkyl or cyclic N) is 1. The summed E-state index contributed by atoms with van der Waals surface area (Å²) in [4.78, 5) is 31.2. The minimum atomic E-state index is -1.04. The summed E-state index contributed by atoms with van der Waals surface area (Å²) in [5.41, 5.74) is 0.632. The third-order valence-corrected chi connectivity index (χ3v) is 4.07. The van der Waals surface area contributed by atoms with E-state index in [-0.39, 0.29) is 23.7 Å². The summed E-state index contributed by atoms with van der Waals surface area (Å²) < 4.78 is 0. The summed E-state index contributed by atoms with van der Waals surface area (Å²) in [6.07, 6.45) is 2.86. The van der Waals surface area contributed by atoms with E-state index in [0.717, 1.165) is 17.3 Å². The number of nitrogens with zero attached hydrogens (tertiary/aromatic N) is 2. The summed E-state index contributed by atoms with van der Waals surface area (Å²) in [5.74, 6) is -0.291. The van der Waals surface area contributed by atoms with Crippen molar-refractivity contribution < 1.29 is 9.90 Å². The average molecular weight is 299 g/mol. The van der Waals surface area contributed by atoms with Gasteiger partial charge in [0.25, 0.3) is 11.5 Å². The zero-order valence-corrected chi connectivity index (χ0v) is 12.2. The lowest BCUT2D eigenvalue weighted by Gasteiger charge is -2.25. The molecule has 1 fully saturated rings. The molecule has 6 heteroatoms. The Morgan fingerprint density at radius 1 is 1.41 bits per heavy atom. The first-order valence-corrected chi connectivity index (χ1v) is 7.12. The molecule has 0 unspecified atom stereocenters. The van der Waals surface area contributed by atoms with Crippen molar-refractivity contribution in [2.75, 3.05) is 13.1 Å². The molecule has 114 valence electrons. The van der Waals surface area contributed by atoms with E-state index in [1.54, 1.807) is 4.90 Å². The molecule has 1 aliphatic heterocycles. The molecule has 3 rings (SSSR count). The number of likely N-dealkylation sites (tertiary alicyclic amines) is 1. The number of carbonyl (C=O) groups excluding carboxylic acids is 1. The van der Waals surface area contributed by atoms with Gasteiger partial charge < -0.3 is 15.0 Å². The number of rotatable bonds is 2. The number of H-pyrrole nitrogens is 1. The fourth-order valence-corrected chi connectivity index (χ4v) is 2.90. The van der Waals surface area contributed by atoms with Gasteiger partial charge in [-0.25, -0.2) is 4.98 Å². The van der Waals surface area contributed by atoms with Gasteiger partial charge in [0, 0.05) is 12.7 Å². The number of benzene rings is 1. The number of aromatic amines is 1. The van der Waals surface area contributed by atoms with Crippen molar-refractivity contribution in [3.63, 3.8) is 0 Å². The van der Waals surface area contributed by atoms with Gasteiger partial charge in [0.05, 0.1) is 12.7 Å². The Balaban J connectivity index is 1.82. The Morgan fingerprint density at radius 3 is 2.86 bits per heavy atom. The number of aryl methyl sites for hydroxylation is 1. The normalized spacial score (nSPS) is 21.1. The quantitative estimate of drug-likeness (QED) is 0.859. The molecule has 1 saturated heterocycles. The van der Waals surface area contributed by atoms with Crippen molar-refractivity contribution in [2.24, 2.45) is 0 Å². The third-order valence-electron chi connectivity index (χ3n) is 4.07. The molecular weight excluding hydrogens is 282 g/mol. The first-order chi connectivity index (χ1) is 10.5. The van der Waals surface area contributed by atoms with Crippen LogP contribution in [0.4, 0.5) is 0 Å². The largest absolute Gasteiger partial charge is 0.383 e. The molecule has 0 aliphatic carbocycles. The van der Waals surface area contributed by atoms with E-state index in [1.807, 2.05) is 31.2 Å². The van der Waals surface area contributed by atoms with Gasteiger partial charge in [0.15, 0.2) is 0 Å². The highest BCUT2D eigenvalue weighted by Crippen LogP contribution is 2.34. The lowest BCUT2D eigenvalue weighted by Crippen LogP contribution is -2.35. The minimum Gasteiger partial charge on any atom is -0.383 e. The van der Waals surface area contributed by atoms with Gasteiger partial charge in [-0.15, -0.1) is 0 Å². The molecule has 2 heterocycles. The fourth-order valence-electron chi connectivity index (χ4n) is 2.90. The smallest absolute Gasteiger partial charge is 0.274 e. The fraction of sp³-hybridized carbons (Fsp3) is 0.312. The molecule has 0 radical (unpaired) electrons. The molecule has 0 bridgehead atoms. The number of amides is 1. The van der Waals surface area contributed by atoms with E-state index in [1.165, 1.54) is 6.20 Å². The molecule has 1 aromatic carbocycles. The van der Waals surface area contributed by atoms with Crippen LogP contribution in [-0.4, -0.2) is 39.0 Å². The third kappa shape index (κ3) is 2.53. The maximum Gasteiger partial charge on any atom is 0.274 e. The van der Waals surface area contributed by atoms with Crippen LogP contribution in [0.5, 0.6) is 0 Å². The molecule has 2 N–H and O–H groups in total. The summed E-state index contributed by atoms with van der Waals surface area (Å²) in [5, 5.41) is 10.9. The second kappa shape index (κ2) is 5.38. The van der Waals surface area contributed by atoms with Gasteiger partial charge in [0.2, 0.25) is 0 Å². The van der Waals surface area contributed by atoms with Crippen LogP contribution >= 0.6 is 0 Å². The molecule has 1 amide bonds. The Labute approximate surface area is 127 Å². The van der Waals surface area contributed by atoms with E-state index >= 15 is 0 Å². The van der Waals surface area contributed by atoms with Crippen LogP contribution in [0.25, 0.3) is 0 Å². The monoisotopic (exact) mass is 299 g/mol. The Hall–Kier alpha value is -2.47. The topological polar surface area (TPSA) is 86.3 Å². The predicted molar refractivity (Wildman–Crippen MR) is 80.5 cm³/mol. The molecular formula is C16H17N3O3. The molecule has 6 nitrogen and oxygen atoms in total. The van der Waals surface area contributed by atoms with Crippen molar-refractivity contribution in [1.82, 2.24) is 14.9 Å². The zero-order valence-electron chi connectivity index (χ0n) is 12.2. The maximum atomic E-state index is 12.4. The SMILES string of the molecule is Cc1ccccc1[C@]1(O)CCN(C(=O)c2c[nH]c(=O)cn2)C1. The van der Waals surface area contributed by atoms with Crippen molar-refractivity contribution >= 4 is 5.91 Å². The number of carbonyl (C=O) groups is 1. The number of aliphatic hydroxyl groups is 1. The first-order valence-electron chi connectivity index (χ1n) is 7.12. The molecule has 22 heavy (non-hydrogen) atoms. The highest BCUT2D eigenvalue weighted by molar-refractivity contribution is 5.92. The zero-order chi connectivity index (χ0) is 15.7. The summed E-state index contributed by atoms with van der Waals surface area (Å²) in [7, 11) is 0. The predicted octanol–water partition coefficient (Wildman–Crippen LogP) is 0.812. The van der Waals surface area contributed by atoms with Crippen molar-refractivity contribution in [2.45, 2.75) is 18.9 Å². The number of aromatic nitrogens is 2. The Kier molecular flexibility index (Phi) is 3.54. The summed E-state index contributed by atoms with van der Waals surface area (Å²) in [6, 6.07) is 7.64. The van der Waals surface area contributed by atoms with Gasteiger partial charge in [-0.1, -0.05) is 24.3 Å². The van der Waals surface area contributed by atoms with E-state index in [0.29, 0.717) is 13.0 Å². The lowest BCUT2D eigenvalue weighted by molar-refractivity contribution is 0.0410. The first kappa shape index (κ1) is 14.5. The average Bonchev–Trinajstić information content (AvgIpc) is 2.91. The molecule has 2 aromatic rings. The highest BCUT2D eigenvalue weighted by atomic mass is 16.3. The summed E-state index contributed by atoms with van der Waals surface area (Å²) in [6.45, 7) is 2.61. The van der Waals surface area contributed by atoms with Crippen LogP contribution in [0.3, 0.4) is 0 Å². The molecule has 1 aliphatic rings. The Morgan fingerprint density at radius 2 is 2.18 bits per heavy atom. The van der Waals surface area contributed by atoms with Gasteiger partial charge in [-0.05, 0) is 24.5 Å². The van der Waals surface area contributed by atoms with E-state index in [9.17, 15) is 14.7 Å². The number of hydrogen-bond acceptors (Lipinski definition) is 4. The van der Waals surface area contributed by atoms with Crippen molar-refractivity contribution in [1.29, 1.82) is 0 Å². The highest BCUT2D eigenvalue weighted by Gasteiger charge is 2.40. The van der Waals surface area contributed by atoms with Crippen LogP contribution < -0.4 is 5.56 Å². The minimum absolute atomic E-state index is 0.175. The molecule has 1 atom stereocenters. The maximum absolute atomic E-state index is 12.4. The standard InChI is InChI=1S/C16H17N3O3/c1-11-4-2-3-5-12(11)16(22)6-7-19(10-16)15(21)13-8-18-14(20)9-17-13/h2-5,8-9,22H,6-7,10H2,1H3,(H,18,20)/t16-/m0/s1. The van der Waals surface area contributed by atoms with Crippen LogP contribution in [0.1, 0.15) is 28.0 Å². The van der Waals surface area contributed by atoms with Crippen molar-refractivity contribution in [3.8, 4) is 0 Å². The summed E-state index contributed by atoms with van der Waals surface area (Å²) >= 11 is 0. The van der Waals surface area contributed by atoms with Crippen LogP contribution in [0, 0.1) is 6.92 Å². The molecule has 0 spiro atoms. The van der Waals surface area contributed by atoms with Crippen LogP contribution in [-0.2, 0) is 5.60 Å².